The van der Waals surface area contributed by atoms with Gasteiger partial charge < -0.3 is 5.11 Å². The Hall–Kier alpha value is -1.24. The van der Waals surface area contributed by atoms with Gasteiger partial charge in [-0.2, -0.15) is 0 Å². The van der Waals surface area contributed by atoms with Gasteiger partial charge in [0, 0.05) is 0 Å². The Morgan fingerprint density at radius 2 is 1.93 bits per heavy atom. The number of aryl methyl sites for hydroxylation is 1. The minimum atomic E-state index is -0.0218. The van der Waals surface area contributed by atoms with E-state index in [2.05, 4.69) is 33.4 Å². The van der Waals surface area contributed by atoms with Crippen molar-refractivity contribution >= 4 is 0 Å². The van der Waals surface area contributed by atoms with Crippen LogP contribution in [0.2, 0.25) is 0 Å². The van der Waals surface area contributed by atoms with Crippen LogP contribution < -0.4 is 0 Å². The first kappa shape index (κ1) is 11.8. The molecule has 1 nitrogen and oxygen atoms in total. The molecule has 0 fully saturated rings. The molecule has 1 heteroatoms. The van der Waals surface area contributed by atoms with Gasteiger partial charge in [0.15, 0.2) is 0 Å². The molecule has 0 saturated carbocycles. The Labute approximate surface area is 92.5 Å². The summed E-state index contributed by atoms with van der Waals surface area (Å²) in [5.41, 5.74) is 3.15. The third kappa shape index (κ3) is 2.62. The quantitative estimate of drug-likeness (QED) is 0.728. The van der Waals surface area contributed by atoms with Gasteiger partial charge in [-0.05, 0) is 35.4 Å². The van der Waals surface area contributed by atoms with E-state index in [-0.39, 0.29) is 5.41 Å². The lowest BCUT2D eigenvalue weighted by Crippen LogP contribution is -2.12. The van der Waals surface area contributed by atoms with Gasteiger partial charge in [-0.1, -0.05) is 39.0 Å². The molecule has 0 aliphatic rings. The van der Waals surface area contributed by atoms with Crippen molar-refractivity contribution < 1.29 is 5.11 Å². The number of allylic oxidation sites excluding steroid dienone is 1. The van der Waals surface area contributed by atoms with Crippen molar-refractivity contribution in [2.24, 2.45) is 0 Å². The van der Waals surface area contributed by atoms with E-state index in [1.165, 1.54) is 5.56 Å². The van der Waals surface area contributed by atoms with Gasteiger partial charge in [-0.3, -0.25) is 0 Å². The van der Waals surface area contributed by atoms with E-state index in [0.29, 0.717) is 5.75 Å². The van der Waals surface area contributed by atoms with E-state index in [1.54, 1.807) is 0 Å². The minimum Gasteiger partial charge on any atom is -0.507 e. The predicted molar refractivity (Wildman–Crippen MR) is 65.4 cm³/mol. The largest absolute Gasteiger partial charge is 0.507 e. The minimum absolute atomic E-state index is 0.0218. The molecule has 0 amide bonds. The molecule has 0 heterocycles. The second-order valence-corrected chi connectivity index (χ2v) is 5.05. The first-order valence-electron chi connectivity index (χ1n) is 5.30. The van der Waals surface area contributed by atoms with E-state index in [4.69, 9.17) is 0 Å². The number of phenolic OH excluding ortho intramolecular Hbond substituents is 1. The maximum absolute atomic E-state index is 10.0. The van der Waals surface area contributed by atoms with Crippen LogP contribution in [0.15, 0.2) is 24.8 Å². The SMILES string of the molecule is C=CCc1cc(C)c(O)c(C(C)(C)C)c1. The fourth-order valence-electron chi connectivity index (χ4n) is 1.71. The fraction of sp³-hybridized carbons (Fsp3) is 0.429. The zero-order valence-corrected chi connectivity index (χ0v) is 10.1. The number of rotatable bonds is 2. The van der Waals surface area contributed by atoms with E-state index in [0.717, 1.165) is 17.5 Å². The number of benzene rings is 1. The molecule has 0 bridgehead atoms. The normalized spacial score (nSPS) is 11.5. The van der Waals surface area contributed by atoms with Crippen molar-refractivity contribution in [2.45, 2.75) is 39.5 Å². The van der Waals surface area contributed by atoms with Crippen molar-refractivity contribution in [1.82, 2.24) is 0 Å². The molecule has 0 unspecified atom stereocenters. The summed E-state index contributed by atoms with van der Waals surface area (Å²) in [4.78, 5) is 0. The predicted octanol–water partition coefficient (Wildman–Crippen LogP) is 3.73. The van der Waals surface area contributed by atoms with Gasteiger partial charge in [0.25, 0.3) is 0 Å². The summed E-state index contributed by atoms with van der Waals surface area (Å²) in [7, 11) is 0. The van der Waals surface area contributed by atoms with Gasteiger partial charge in [0.2, 0.25) is 0 Å². The molecule has 1 rings (SSSR count). The smallest absolute Gasteiger partial charge is 0.122 e. The van der Waals surface area contributed by atoms with Crippen LogP contribution in [0, 0.1) is 6.92 Å². The first-order valence-corrected chi connectivity index (χ1v) is 5.30. The second-order valence-electron chi connectivity index (χ2n) is 5.05. The highest BCUT2D eigenvalue weighted by Gasteiger charge is 2.19. The van der Waals surface area contributed by atoms with Gasteiger partial charge in [0.1, 0.15) is 5.75 Å². The Morgan fingerprint density at radius 3 is 2.40 bits per heavy atom. The van der Waals surface area contributed by atoms with Crippen LogP contribution in [0.4, 0.5) is 0 Å². The molecule has 1 N–H and O–H groups in total. The molecule has 0 aliphatic heterocycles. The summed E-state index contributed by atoms with van der Waals surface area (Å²) in [6.07, 6.45) is 2.74. The monoisotopic (exact) mass is 204 g/mol. The molecule has 0 spiro atoms. The molecule has 0 aliphatic carbocycles. The van der Waals surface area contributed by atoms with E-state index in [9.17, 15) is 5.11 Å². The summed E-state index contributed by atoms with van der Waals surface area (Å²) in [5.74, 6) is 0.426. The van der Waals surface area contributed by atoms with Crippen LogP contribution in [0.3, 0.4) is 0 Å². The topological polar surface area (TPSA) is 20.2 Å². The van der Waals surface area contributed by atoms with Gasteiger partial charge >= 0.3 is 0 Å². The van der Waals surface area contributed by atoms with Crippen LogP contribution in [-0.2, 0) is 11.8 Å². The summed E-state index contributed by atoms with van der Waals surface area (Å²) in [6, 6.07) is 4.09. The van der Waals surface area contributed by atoms with Crippen molar-refractivity contribution in [3.63, 3.8) is 0 Å². The molecule has 0 aromatic heterocycles. The molecule has 1 aromatic carbocycles. The Morgan fingerprint density at radius 1 is 1.33 bits per heavy atom. The average molecular weight is 204 g/mol. The van der Waals surface area contributed by atoms with E-state index < -0.39 is 0 Å². The molecule has 82 valence electrons. The lowest BCUT2D eigenvalue weighted by Gasteiger charge is -2.22. The van der Waals surface area contributed by atoms with Crippen LogP contribution in [0.1, 0.15) is 37.5 Å². The fourth-order valence-corrected chi connectivity index (χ4v) is 1.71. The number of hydrogen-bond donors (Lipinski definition) is 1. The Balaban J connectivity index is 3.31. The zero-order valence-electron chi connectivity index (χ0n) is 10.1. The second kappa shape index (κ2) is 4.09. The van der Waals surface area contributed by atoms with Crippen molar-refractivity contribution in [3.05, 3.63) is 41.5 Å². The van der Waals surface area contributed by atoms with Gasteiger partial charge in [-0.25, -0.2) is 0 Å². The van der Waals surface area contributed by atoms with Crippen molar-refractivity contribution in [3.8, 4) is 5.75 Å². The summed E-state index contributed by atoms with van der Waals surface area (Å²) >= 11 is 0. The summed E-state index contributed by atoms with van der Waals surface area (Å²) in [6.45, 7) is 12.0. The van der Waals surface area contributed by atoms with Crippen LogP contribution in [0.25, 0.3) is 0 Å². The highest BCUT2D eigenvalue weighted by Crippen LogP contribution is 2.34. The molecule has 0 radical (unpaired) electrons. The number of hydrogen-bond acceptors (Lipinski definition) is 1. The lowest BCUT2D eigenvalue weighted by atomic mass is 9.84. The van der Waals surface area contributed by atoms with Gasteiger partial charge in [-0.15, -0.1) is 6.58 Å². The highest BCUT2D eigenvalue weighted by molar-refractivity contribution is 5.46. The van der Waals surface area contributed by atoms with Gasteiger partial charge in [0.05, 0.1) is 0 Å². The maximum atomic E-state index is 10.0. The average Bonchev–Trinajstić information content (AvgIpc) is 2.09. The lowest BCUT2D eigenvalue weighted by molar-refractivity contribution is 0.442. The molecule has 15 heavy (non-hydrogen) atoms. The van der Waals surface area contributed by atoms with Crippen LogP contribution >= 0.6 is 0 Å². The summed E-state index contributed by atoms with van der Waals surface area (Å²) in [5, 5.41) is 10.0. The van der Waals surface area contributed by atoms with Crippen molar-refractivity contribution in [1.29, 1.82) is 0 Å². The third-order valence-electron chi connectivity index (χ3n) is 2.55. The van der Waals surface area contributed by atoms with Crippen LogP contribution in [-0.4, -0.2) is 5.11 Å². The third-order valence-corrected chi connectivity index (χ3v) is 2.55. The maximum Gasteiger partial charge on any atom is 0.122 e. The number of phenols is 1. The zero-order chi connectivity index (χ0) is 11.6. The Bertz CT molecular complexity index is 370. The molecule has 0 saturated heterocycles. The highest BCUT2D eigenvalue weighted by atomic mass is 16.3. The molecular formula is C14H20O. The molecule has 0 atom stereocenters. The van der Waals surface area contributed by atoms with E-state index >= 15 is 0 Å². The first-order chi connectivity index (χ1) is 6.86. The van der Waals surface area contributed by atoms with Crippen LogP contribution in [0.5, 0.6) is 5.75 Å². The van der Waals surface area contributed by atoms with Crippen molar-refractivity contribution in [2.75, 3.05) is 0 Å². The molecular weight excluding hydrogens is 184 g/mol. The standard InChI is InChI=1S/C14H20O/c1-6-7-11-8-10(2)13(15)12(9-11)14(3,4)5/h6,8-9,15H,1,7H2,2-5H3. The van der Waals surface area contributed by atoms with E-state index in [1.807, 2.05) is 19.1 Å². The summed E-state index contributed by atoms with van der Waals surface area (Å²) < 4.78 is 0. The number of aromatic hydroxyl groups is 1. The molecule has 1 aromatic rings. The Kier molecular flexibility index (Phi) is 3.23.